The van der Waals surface area contributed by atoms with Gasteiger partial charge in [0.25, 0.3) is 5.91 Å². The number of amides is 1. The van der Waals surface area contributed by atoms with Crippen LogP contribution in [0.3, 0.4) is 0 Å². The average Bonchev–Trinajstić information content (AvgIpc) is 3.12. The quantitative estimate of drug-likeness (QED) is 0.609. The largest absolute Gasteiger partial charge is 0.497 e. The first-order valence-corrected chi connectivity index (χ1v) is 10.3. The van der Waals surface area contributed by atoms with Gasteiger partial charge < -0.3 is 14.4 Å². The molecule has 1 aromatic heterocycles. The Bertz CT molecular complexity index is 1080. The number of methoxy groups -OCH3 is 1. The van der Waals surface area contributed by atoms with Gasteiger partial charge >= 0.3 is 5.69 Å². The zero-order valence-electron chi connectivity index (χ0n) is 17.7. The Hall–Kier alpha value is -3.55. The third-order valence-corrected chi connectivity index (χ3v) is 5.60. The van der Waals surface area contributed by atoms with Gasteiger partial charge in [-0.05, 0) is 49.2 Å². The van der Waals surface area contributed by atoms with Crippen LogP contribution in [0.4, 0.5) is 0 Å². The maximum absolute atomic E-state index is 12.6. The van der Waals surface area contributed by atoms with E-state index >= 15 is 0 Å². The van der Waals surface area contributed by atoms with Crippen molar-refractivity contribution in [1.29, 1.82) is 0 Å². The summed E-state index contributed by atoms with van der Waals surface area (Å²) in [5.74, 6) is 2.19. The summed E-state index contributed by atoms with van der Waals surface area (Å²) in [6.07, 6.45) is 1.50. The molecule has 0 spiro atoms. The van der Waals surface area contributed by atoms with Crippen LogP contribution >= 0.6 is 0 Å². The average molecular weight is 422 g/mol. The molecule has 0 bridgehead atoms. The highest BCUT2D eigenvalue weighted by molar-refractivity contribution is 5.77. The number of aromatic nitrogens is 3. The van der Waals surface area contributed by atoms with Gasteiger partial charge in [-0.1, -0.05) is 18.2 Å². The topological polar surface area (TPSA) is 78.6 Å². The van der Waals surface area contributed by atoms with Gasteiger partial charge in [0.2, 0.25) is 0 Å². The standard InChI is InChI=1S/C23H26N4O4/c1-25-23(29)27(18-6-4-3-5-7-18)22(24-25)17-12-14-26(15-13-17)21(28)16-31-20-10-8-19(30-2)9-11-20/h3-11,17H,12-16H2,1-2H3. The third kappa shape index (κ3) is 4.47. The van der Waals surface area contributed by atoms with Crippen LogP contribution < -0.4 is 15.2 Å². The summed E-state index contributed by atoms with van der Waals surface area (Å²) in [6, 6.07) is 16.7. The number of hydrogen-bond acceptors (Lipinski definition) is 5. The molecule has 3 aromatic rings. The van der Waals surface area contributed by atoms with Crippen molar-refractivity contribution in [3.05, 3.63) is 70.9 Å². The lowest BCUT2D eigenvalue weighted by molar-refractivity contribution is -0.134. The number of carbonyl (C=O) groups is 1. The number of piperidine rings is 1. The first kappa shape index (κ1) is 20.7. The van der Waals surface area contributed by atoms with E-state index in [4.69, 9.17) is 9.47 Å². The van der Waals surface area contributed by atoms with Crippen molar-refractivity contribution < 1.29 is 14.3 Å². The lowest BCUT2D eigenvalue weighted by Gasteiger charge is -2.31. The lowest BCUT2D eigenvalue weighted by Crippen LogP contribution is -2.41. The molecule has 162 valence electrons. The van der Waals surface area contributed by atoms with Crippen molar-refractivity contribution in [3.63, 3.8) is 0 Å². The monoisotopic (exact) mass is 422 g/mol. The van der Waals surface area contributed by atoms with Gasteiger partial charge in [0.1, 0.15) is 17.3 Å². The molecule has 31 heavy (non-hydrogen) atoms. The molecule has 1 fully saturated rings. The molecule has 4 rings (SSSR count). The molecule has 2 heterocycles. The maximum Gasteiger partial charge on any atom is 0.350 e. The molecule has 0 radical (unpaired) electrons. The number of carbonyl (C=O) groups excluding carboxylic acids is 1. The molecule has 0 aliphatic carbocycles. The second kappa shape index (κ2) is 9.07. The van der Waals surface area contributed by atoms with Gasteiger partial charge in [-0.25, -0.2) is 14.0 Å². The number of ether oxygens (including phenoxy) is 2. The van der Waals surface area contributed by atoms with Crippen molar-refractivity contribution >= 4 is 5.91 Å². The third-order valence-electron chi connectivity index (χ3n) is 5.60. The molecule has 1 aliphatic heterocycles. The van der Waals surface area contributed by atoms with Gasteiger partial charge in [0.15, 0.2) is 6.61 Å². The van der Waals surface area contributed by atoms with Gasteiger partial charge in [-0.3, -0.25) is 4.79 Å². The number of benzene rings is 2. The number of nitrogens with zero attached hydrogens (tertiary/aromatic N) is 4. The number of rotatable bonds is 6. The van der Waals surface area contributed by atoms with Gasteiger partial charge in [0, 0.05) is 26.1 Å². The predicted octanol–water partition coefficient (Wildman–Crippen LogP) is 2.36. The Balaban J connectivity index is 1.38. The Labute approximate surface area is 180 Å². The summed E-state index contributed by atoms with van der Waals surface area (Å²) in [6.45, 7) is 1.21. The molecule has 1 saturated heterocycles. The van der Waals surface area contributed by atoms with E-state index in [1.807, 2.05) is 35.2 Å². The first-order valence-electron chi connectivity index (χ1n) is 10.3. The van der Waals surface area contributed by atoms with Crippen LogP contribution in [-0.4, -0.2) is 52.0 Å². The Kier molecular flexibility index (Phi) is 6.06. The van der Waals surface area contributed by atoms with Crippen LogP contribution in [0.5, 0.6) is 11.5 Å². The minimum Gasteiger partial charge on any atom is -0.497 e. The fraction of sp³-hybridized carbons (Fsp3) is 0.348. The number of hydrogen-bond donors (Lipinski definition) is 0. The van der Waals surface area contributed by atoms with Crippen molar-refractivity contribution in [2.75, 3.05) is 26.8 Å². The highest BCUT2D eigenvalue weighted by Gasteiger charge is 2.28. The molecular weight excluding hydrogens is 396 g/mol. The Morgan fingerprint density at radius 1 is 1.03 bits per heavy atom. The summed E-state index contributed by atoms with van der Waals surface area (Å²) < 4.78 is 13.8. The fourth-order valence-electron chi connectivity index (χ4n) is 3.86. The summed E-state index contributed by atoms with van der Waals surface area (Å²) in [4.78, 5) is 27.0. The van der Waals surface area contributed by atoms with E-state index in [1.165, 1.54) is 4.68 Å². The van der Waals surface area contributed by atoms with Crippen molar-refractivity contribution in [2.45, 2.75) is 18.8 Å². The van der Waals surface area contributed by atoms with E-state index in [0.29, 0.717) is 18.8 Å². The highest BCUT2D eigenvalue weighted by Crippen LogP contribution is 2.27. The zero-order valence-corrected chi connectivity index (χ0v) is 17.7. The van der Waals surface area contributed by atoms with E-state index in [0.717, 1.165) is 30.1 Å². The highest BCUT2D eigenvalue weighted by atomic mass is 16.5. The van der Waals surface area contributed by atoms with E-state index in [2.05, 4.69) is 5.10 Å². The predicted molar refractivity (Wildman–Crippen MR) is 116 cm³/mol. The minimum absolute atomic E-state index is 0.00466. The Morgan fingerprint density at radius 3 is 2.32 bits per heavy atom. The molecule has 2 aromatic carbocycles. The number of para-hydroxylation sites is 1. The summed E-state index contributed by atoms with van der Waals surface area (Å²) in [5.41, 5.74) is 0.648. The molecule has 8 nitrogen and oxygen atoms in total. The van der Waals surface area contributed by atoms with E-state index in [9.17, 15) is 9.59 Å². The van der Waals surface area contributed by atoms with E-state index in [1.54, 1.807) is 43.0 Å². The number of likely N-dealkylation sites (tertiary alicyclic amines) is 1. The smallest absolute Gasteiger partial charge is 0.350 e. The van der Waals surface area contributed by atoms with Crippen LogP contribution in [0.15, 0.2) is 59.4 Å². The molecule has 0 saturated carbocycles. The summed E-state index contributed by atoms with van der Waals surface area (Å²) >= 11 is 0. The fourth-order valence-corrected chi connectivity index (χ4v) is 3.86. The van der Waals surface area contributed by atoms with Crippen molar-refractivity contribution in [3.8, 4) is 17.2 Å². The minimum atomic E-state index is -0.160. The molecule has 0 unspecified atom stereocenters. The van der Waals surface area contributed by atoms with E-state index < -0.39 is 0 Å². The molecular formula is C23H26N4O4. The van der Waals surface area contributed by atoms with Crippen LogP contribution in [0.2, 0.25) is 0 Å². The van der Waals surface area contributed by atoms with Gasteiger partial charge in [0.05, 0.1) is 12.8 Å². The van der Waals surface area contributed by atoms with Crippen molar-refractivity contribution in [1.82, 2.24) is 19.2 Å². The van der Waals surface area contributed by atoms with Gasteiger partial charge in [-0.15, -0.1) is 0 Å². The normalized spacial score (nSPS) is 14.5. The maximum atomic E-state index is 12.6. The lowest BCUT2D eigenvalue weighted by atomic mass is 9.95. The molecule has 0 N–H and O–H groups in total. The second-order valence-electron chi connectivity index (χ2n) is 7.55. The van der Waals surface area contributed by atoms with Crippen molar-refractivity contribution in [2.24, 2.45) is 7.05 Å². The van der Waals surface area contributed by atoms with Crippen LogP contribution in [0.25, 0.3) is 5.69 Å². The summed E-state index contributed by atoms with van der Waals surface area (Å²) in [7, 11) is 3.27. The number of aryl methyl sites for hydroxylation is 1. The first-order chi connectivity index (χ1) is 15.1. The second-order valence-corrected chi connectivity index (χ2v) is 7.55. The SMILES string of the molecule is COc1ccc(OCC(=O)N2CCC(c3nn(C)c(=O)n3-c3ccccc3)CC2)cc1. The van der Waals surface area contributed by atoms with Crippen LogP contribution in [0, 0.1) is 0 Å². The molecule has 1 aliphatic rings. The van der Waals surface area contributed by atoms with Crippen LogP contribution in [0.1, 0.15) is 24.6 Å². The zero-order chi connectivity index (χ0) is 21.8. The molecule has 8 heteroatoms. The van der Waals surface area contributed by atoms with E-state index in [-0.39, 0.29) is 24.1 Å². The molecule has 0 atom stereocenters. The van der Waals surface area contributed by atoms with Gasteiger partial charge in [-0.2, -0.15) is 5.10 Å². The summed E-state index contributed by atoms with van der Waals surface area (Å²) in [5, 5.41) is 4.50. The Morgan fingerprint density at radius 2 is 1.68 bits per heavy atom. The van der Waals surface area contributed by atoms with Crippen LogP contribution in [-0.2, 0) is 11.8 Å². The molecule has 1 amide bonds.